The largest absolute Gasteiger partial charge is 0.296 e. The van der Waals surface area contributed by atoms with Crippen LogP contribution in [0.5, 0.6) is 0 Å². The second-order valence-corrected chi connectivity index (χ2v) is 12.4. The van der Waals surface area contributed by atoms with Crippen LogP contribution in [0.4, 0.5) is 5.13 Å². The molecule has 1 atom stereocenters. The van der Waals surface area contributed by atoms with Crippen molar-refractivity contribution in [2.24, 2.45) is 0 Å². The fourth-order valence-corrected chi connectivity index (χ4v) is 7.27. The highest BCUT2D eigenvalue weighted by atomic mass is 32.2. The number of aromatic nitrogens is 2. The van der Waals surface area contributed by atoms with E-state index in [0.717, 1.165) is 10.1 Å². The van der Waals surface area contributed by atoms with Crippen LogP contribution in [0.1, 0.15) is 23.7 Å². The predicted octanol–water partition coefficient (Wildman–Crippen LogP) is 1.37. The Bertz CT molecular complexity index is 1060. The first kappa shape index (κ1) is 21.2. The van der Waals surface area contributed by atoms with E-state index in [2.05, 4.69) is 20.2 Å². The lowest BCUT2D eigenvalue weighted by Crippen LogP contribution is -2.35. The van der Waals surface area contributed by atoms with E-state index in [9.17, 15) is 21.6 Å². The van der Waals surface area contributed by atoms with Gasteiger partial charge in [-0.05, 0) is 36.4 Å². The van der Waals surface area contributed by atoms with E-state index >= 15 is 0 Å². The van der Waals surface area contributed by atoms with Gasteiger partial charge >= 0.3 is 0 Å². The molecule has 0 spiro atoms. The van der Waals surface area contributed by atoms with E-state index in [0.29, 0.717) is 5.13 Å². The molecule has 1 aliphatic heterocycles. The van der Waals surface area contributed by atoms with Crippen LogP contribution in [0.25, 0.3) is 0 Å². The molecule has 2 aromatic rings. The van der Waals surface area contributed by atoms with Crippen molar-refractivity contribution >= 4 is 54.0 Å². The number of nitrogens with zero attached hydrogens (tertiary/aromatic N) is 2. The molecular formula is C15H18N4O5S4. The molecule has 1 aromatic heterocycles. The number of rotatable bonds is 7. The fraction of sp³-hybridized carbons (Fsp3) is 0.400. The third-order valence-electron chi connectivity index (χ3n) is 3.88. The molecular weight excluding hydrogens is 444 g/mol. The monoisotopic (exact) mass is 462 g/mol. The zero-order chi connectivity index (χ0) is 20.4. The zero-order valence-electron chi connectivity index (χ0n) is 14.8. The van der Waals surface area contributed by atoms with Crippen LogP contribution >= 0.6 is 23.1 Å². The average Bonchev–Trinajstić information content (AvgIpc) is 3.20. The fourth-order valence-electron chi connectivity index (χ4n) is 2.57. The summed E-state index contributed by atoms with van der Waals surface area (Å²) in [4.78, 5) is 12.2. The topological polar surface area (TPSA) is 135 Å². The van der Waals surface area contributed by atoms with E-state index in [1.165, 1.54) is 47.4 Å². The van der Waals surface area contributed by atoms with Gasteiger partial charge in [0.1, 0.15) is 0 Å². The first-order valence-corrected chi connectivity index (χ1v) is 13.4. The van der Waals surface area contributed by atoms with Crippen LogP contribution in [0, 0.1) is 0 Å². The summed E-state index contributed by atoms with van der Waals surface area (Å²) >= 11 is 2.78. The zero-order valence-corrected chi connectivity index (χ0v) is 18.0. The molecule has 2 heterocycles. The predicted molar refractivity (Wildman–Crippen MR) is 108 cm³/mol. The van der Waals surface area contributed by atoms with Gasteiger partial charge in [-0.2, -0.15) is 0 Å². The number of nitrogens with one attached hydrogen (secondary N) is 2. The molecule has 9 nitrogen and oxygen atoms in total. The van der Waals surface area contributed by atoms with Crippen molar-refractivity contribution in [3.8, 4) is 0 Å². The van der Waals surface area contributed by atoms with Crippen molar-refractivity contribution < 1.29 is 21.6 Å². The first-order chi connectivity index (χ1) is 13.2. The molecule has 1 amide bonds. The Morgan fingerprint density at radius 1 is 1.29 bits per heavy atom. The maximum absolute atomic E-state index is 12.4. The summed E-state index contributed by atoms with van der Waals surface area (Å²) in [6, 6.07) is 4.75. The van der Waals surface area contributed by atoms with Crippen molar-refractivity contribution in [2.45, 2.75) is 28.6 Å². The van der Waals surface area contributed by atoms with E-state index < -0.39 is 31.8 Å². The molecule has 0 aliphatic carbocycles. The molecule has 1 saturated heterocycles. The Labute approximate surface area is 171 Å². The molecule has 0 bridgehead atoms. The molecule has 152 valence electrons. The molecule has 0 saturated carbocycles. The lowest BCUT2D eigenvalue weighted by atomic mass is 10.2. The Hall–Kier alpha value is -1.54. The van der Waals surface area contributed by atoms with Crippen molar-refractivity contribution in [3.63, 3.8) is 0 Å². The average molecular weight is 463 g/mol. The number of thioether (sulfide) groups is 1. The number of hydrogen-bond acceptors (Lipinski definition) is 9. The minimum atomic E-state index is -3.87. The maximum Gasteiger partial charge on any atom is 0.257 e. The molecule has 1 aromatic carbocycles. The van der Waals surface area contributed by atoms with Crippen LogP contribution in [-0.2, 0) is 19.9 Å². The van der Waals surface area contributed by atoms with Crippen LogP contribution in [-0.4, -0.2) is 56.2 Å². The van der Waals surface area contributed by atoms with Gasteiger partial charge in [0.15, 0.2) is 14.2 Å². The van der Waals surface area contributed by atoms with Gasteiger partial charge in [-0.25, -0.2) is 21.6 Å². The number of carbonyl (C=O) groups excluding carboxylic acids is 1. The highest BCUT2D eigenvalue weighted by molar-refractivity contribution is 8.01. The molecule has 1 unspecified atom stereocenters. The Balaban J connectivity index is 1.65. The number of sulfone groups is 1. The molecule has 1 fully saturated rings. The molecule has 0 radical (unpaired) electrons. The summed E-state index contributed by atoms with van der Waals surface area (Å²) in [6.45, 7) is 1.99. The number of carbonyl (C=O) groups is 1. The van der Waals surface area contributed by atoms with Gasteiger partial charge in [0.05, 0.1) is 16.4 Å². The second kappa shape index (κ2) is 8.45. The summed E-state index contributed by atoms with van der Waals surface area (Å²) in [6.07, 6.45) is 0.252. The highest BCUT2D eigenvalue weighted by Crippen LogP contribution is 2.25. The standard InChI is InChI=1S/C15H18N4O5S4/c1-2-25-15-18-17-14(26-15)16-13(20)10-3-5-12(6-4-10)28(23,24)19-11-7-8-27(21,22)9-11/h3-6,11,19H,2,7-9H2,1H3,(H,16,17,20). The van der Waals surface area contributed by atoms with Crippen molar-refractivity contribution in [1.29, 1.82) is 0 Å². The Morgan fingerprint density at radius 3 is 2.61 bits per heavy atom. The lowest BCUT2D eigenvalue weighted by molar-refractivity contribution is 0.102. The molecule has 3 rings (SSSR count). The number of sulfonamides is 1. The van der Waals surface area contributed by atoms with Crippen molar-refractivity contribution in [3.05, 3.63) is 29.8 Å². The summed E-state index contributed by atoms with van der Waals surface area (Å²) in [5.41, 5.74) is 0.266. The second-order valence-electron chi connectivity index (χ2n) is 6.01. The summed E-state index contributed by atoms with van der Waals surface area (Å²) in [5.74, 6) is 0.193. The molecule has 2 N–H and O–H groups in total. The van der Waals surface area contributed by atoms with Crippen molar-refractivity contribution in [1.82, 2.24) is 14.9 Å². The smallest absolute Gasteiger partial charge is 0.257 e. The molecule has 1 aliphatic rings. The number of anilines is 1. The number of hydrogen-bond donors (Lipinski definition) is 2. The number of benzene rings is 1. The Morgan fingerprint density at radius 2 is 2.00 bits per heavy atom. The quantitative estimate of drug-likeness (QED) is 0.465. The van der Waals surface area contributed by atoms with Gasteiger partial charge in [-0.1, -0.05) is 30.0 Å². The summed E-state index contributed by atoms with van der Waals surface area (Å²) < 4.78 is 50.9. The first-order valence-electron chi connectivity index (χ1n) is 8.29. The number of amides is 1. The van der Waals surface area contributed by atoms with E-state index in [4.69, 9.17) is 0 Å². The van der Waals surface area contributed by atoms with E-state index in [1.807, 2.05) is 6.92 Å². The van der Waals surface area contributed by atoms with Gasteiger partial charge in [0.25, 0.3) is 5.91 Å². The van der Waals surface area contributed by atoms with Crippen LogP contribution in [0.15, 0.2) is 33.5 Å². The summed E-state index contributed by atoms with van der Waals surface area (Å²) in [5, 5.41) is 10.8. The van der Waals surface area contributed by atoms with Gasteiger partial charge in [-0.3, -0.25) is 10.1 Å². The van der Waals surface area contributed by atoms with Gasteiger partial charge < -0.3 is 0 Å². The normalized spacial score (nSPS) is 18.8. The van der Waals surface area contributed by atoms with Crippen LogP contribution in [0.3, 0.4) is 0 Å². The van der Waals surface area contributed by atoms with Crippen LogP contribution in [0.2, 0.25) is 0 Å². The molecule has 28 heavy (non-hydrogen) atoms. The maximum atomic E-state index is 12.4. The van der Waals surface area contributed by atoms with Gasteiger partial charge in [0.2, 0.25) is 15.2 Å². The minimum absolute atomic E-state index is 0.0244. The summed E-state index contributed by atoms with van der Waals surface area (Å²) in [7, 11) is -7.06. The van der Waals surface area contributed by atoms with Crippen LogP contribution < -0.4 is 10.0 Å². The van der Waals surface area contributed by atoms with Gasteiger partial charge in [-0.15, -0.1) is 10.2 Å². The lowest BCUT2D eigenvalue weighted by Gasteiger charge is -2.12. The minimum Gasteiger partial charge on any atom is -0.296 e. The van der Waals surface area contributed by atoms with E-state index in [-0.39, 0.29) is 28.4 Å². The molecule has 13 heteroatoms. The third kappa shape index (κ3) is 5.29. The highest BCUT2D eigenvalue weighted by Gasteiger charge is 2.31. The van der Waals surface area contributed by atoms with E-state index in [1.54, 1.807) is 0 Å². The van der Waals surface area contributed by atoms with Crippen molar-refractivity contribution in [2.75, 3.05) is 22.6 Å². The van der Waals surface area contributed by atoms with Gasteiger partial charge in [0, 0.05) is 11.6 Å². The SMILES string of the molecule is CCSc1nnc(NC(=O)c2ccc(S(=O)(=O)NC3CCS(=O)(=O)C3)cc2)s1. The Kier molecular flexibility index (Phi) is 6.39. The third-order valence-corrected chi connectivity index (χ3v) is 9.03.